The van der Waals surface area contributed by atoms with E-state index in [1.807, 2.05) is 24.3 Å². The van der Waals surface area contributed by atoms with Gasteiger partial charge >= 0.3 is 0 Å². The zero-order valence-corrected chi connectivity index (χ0v) is 12.8. The fraction of sp³-hybridized carbons (Fsp3) is 0.429. The molecule has 2 aromatic rings. The number of H-pyrrole nitrogens is 1. The molecule has 1 atom stereocenters. The molecule has 0 bridgehead atoms. The average Bonchev–Trinajstić information content (AvgIpc) is 3.02. The summed E-state index contributed by atoms with van der Waals surface area (Å²) in [5, 5.41) is 5.06. The lowest BCUT2D eigenvalue weighted by Crippen LogP contribution is -2.32. The molecule has 1 fully saturated rings. The Labute approximate surface area is 128 Å². The normalized spacial score (nSPS) is 19.0. The third kappa shape index (κ3) is 3.45. The van der Waals surface area contributed by atoms with Crippen LogP contribution in [-0.4, -0.2) is 48.0 Å². The van der Waals surface area contributed by atoms with Gasteiger partial charge in [0.25, 0.3) is 0 Å². The second-order valence-electron chi connectivity index (χ2n) is 5.70. The number of nitrogens with zero attached hydrogens (tertiary/aromatic N) is 2. The van der Waals surface area contributed by atoms with Gasteiger partial charge in [0.1, 0.15) is 5.82 Å². The number of fused-ring (bicyclic) bond motifs is 1. The first-order valence-electron chi connectivity index (χ1n) is 7.12. The van der Waals surface area contributed by atoms with E-state index in [4.69, 9.17) is 5.14 Å². The number of likely N-dealkylation sites (tertiary alicyclic amines) is 1. The molecule has 0 spiro atoms. The Morgan fingerprint density at radius 3 is 2.91 bits per heavy atom. The first-order chi connectivity index (χ1) is 10.4. The SMILES string of the molecule is NS(=O)(=O)CC1CCN(C(=O)Cc2nc3ccccc3[nH]2)C1. The van der Waals surface area contributed by atoms with Gasteiger partial charge < -0.3 is 9.88 Å². The lowest BCUT2D eigenvalue weighted by Gasteiger charge is -2.15. The number of rotatable bonds is 4. The number of nitrogens with one attached hydrogen (secondary N) is 1. The van der Waals surface area contributed by atoms with Gasteiger partial charge in [0.15, 0.2) is 0 Å². The Morgan fingerprint density at radius 1 is 1.41 bits per heavy atom. The van der Waals surface area contributed by atoms with Crippen LogP contribution in [0, 0.1) is 5.92 Å². The summed E-state index contributed by atoms with van der Waals surface area (Å²) in [5.74, 6) is 0.438. The molecule has 1 saturated heterocycles. The molecular weight excluding hydrogens is 304 g/mol. The molecule has 2 heterocycles. The van der Waals surface area contributed by atoms with Gasteiger partial charge in [-0.3, -0.25) is 4.79 Å². The number of hydrogen-bond acceptors (Lipinski definition) is 4. The molecule has 7 nitrogen and oxygen atoms in total. The maximum atomic E-state index is 12.3. The van der Waals surface area contributed by atoms with Crippen LogP contribution in [0.25, 0.3) is 11.0 Å². The molecule has 1 aromatic heterocycles. The highest BCUT2D eigenvalue weighted by Gasteiger charge is 2.29. The van der Waals surface area contributed by atoms with E-state index in [1.54, 1.807) is 4.90 Å². The molecule has 1 amide bonds. The number of primary sulfonamides is 1. The number of aromatic amines is 1. The van der Waals surface area contributed by atoms with E-state index in [-0.39, 0.29) is 24.0 Å². The maximum Gasteiger partial charge on any atom is 0.230 e. The van der Waals surface area contributed by atoms with Crippen molar-refractivity contribution in [3.8, 4) is 0 Å². The minimum Gasteiger partial charge on any atom is -0.342 e. The first kappa shape index (κ1) is 15.0. The molecule has 0 saturated carbocycles. The van der Waals surface area contributed by atoms with Crippen molar-refractivity contribution >= 4 is 27.0 Å². The Morgan fingerprint density at radius 2 is 2.18 bits per heavy atom. The van der Waals surface area contributed by atoms with Gasteiger partial charge in [-0.1, -0.05) is 12.1 Å². The summed E-state index contributed by atoms with van der Waals surface area (Å²) < 4.78 is 22.2. The molecule has 1 aliphatic rings. The van der Waals surface area contributed by atoms with Crippen molar-refractivity contribution in [3.05, 3.63) is 30.1 Å². The van der Waals surface area contributed by atoms with E-state index in [0.29, 0.717) is 25.3 Å². The Bertz CT molecular complexity index is 766. The number of hydrogen-bond donors (Lipinski definition) is 2. The van der Waals surface area contributed by atoms with Crippen LogP contribution in [0.5, 0.6) is 0 Å². The van der Waals surface area contributed by atoms with E-state index in [1.165, 1.54) is 0 Å². The molecule has 118 valence electrons. The van der Waals surface area contributed by atoms with Crippen molar-refractivity contribution in [2.45, 2.75) is 12.8 Å². The Kier molecular flexibility index (Phi) is 3.88. The fourth-order valence-corrected chi connectivity index (χ4v) is 3.80. The number of para-hydroxylation sites is 2. The van der Waals surface area contributed by atoms with Crippen LogP contribution in [0.15, 0.2) is 24.3 Å². The van der Waals surface area contributed by atoms with E-state index in [9.17, 15) is 13.2 Å². The molecule has 3 rings (SSSR count). The van der Waals surface area contributed by atoms with Crippen molar-refractivity contribution in [1.82, 2.24) is 14.9 Å². The smallest absolute Gasteiger partial charge is 0.230 e. The number of amides is 1. The zero-order chi connectivity index (χ0) is 15.7. The summed E-state index contributed by atoms with van der Waals surface area (Å²) in [5.41, 5.74) is 1.73. The lowest BCUT2D eigenvalue weighted by molar-refractivity contribution is -0.129. The summed E-state index contributed by atoms with van der Waals surface area (Å²) in [6.45, 7) is 1.01. The molecule has 0 radical (unpaired) electrons. The van der Waals surface area contributed by atoms with Crippen LogP contribution in [0.2, 0.25) is 0 Å². The third-order valence-electron chi connectivity index (χ3n) is 3.86. The number of benzene rings is 1. The number of nitrogens with two attached hydrogens (primary N) is 1. The van der Waals surface area contributed by atoms with E-state index < -0.39 is 10.0 Å². The van der Waals surface area contributed by atoms with E-state index >= 15 is 0 Å². The van der Waals surface area contributed by atoms with Crippen molar-refractivity contribution in [1.29, 1.82) is 0 Å². The molecule has 0 aliphatic carbocycles. The topological polar surface area (TPSA) is 109 Å². The van der Waals surface area contributed by atoms with Crippen molar-refractivity contribution in [2.24, 2.45) is 11.1 Å². The second-order valence-corrected chi connectivity index (χ2v) is 7.36. The van der Waals surface area contributed by atoms with Crippen LogP contribution < -0.4 is 5.14 Å². The molecule has 1 unspecified atom stereocenters. The van der Waals surface area contributed by atoms with Crippen LogP contribution in [-0.2, 0) is 21.2 Å². The summed E-state index contributed by atoms with van der Waals surface area (Å²) in [6, 6.07) is 7.60. The number of aromatic nitrogens is 2. The summed E-state index contributed by atoms with van der Waals surface area (Å²) in [7, 11) is -3.49. The van der Waals surface area contributed by atoms with Gasteiger partial charge in [-0.2, -0.15) is 0 Å². The van der Waals surface area contributed by atoms with Gasteiger partial charge in [0.05, 0.1) is 23.2 Å². The van der Waals surface area contributed by atoms with Crippen LogP contribution in [0.4, 0.5) is 0 Å². The molecular formula is C14H18N4O3S. The predicted octanol–water partition coefficient (Wildman–Crippen LogP) is 0.242. The van der Waals surface area contributed by atoms with Crippen molar-refractivity contribution in [2.75, 3.05) is 18.8 Å². The Balaban J connectivity index is 1.63. The molecule has 3 N–H and O–H groups in total. The quantitative estimate of drug-likeness (QED) is 0.840. The average molecular weight is 322 g/mol. The molecule has 1 aliphatic heterocycles. The highest BCUT2D eigenvalue weighted by Crippen LogP contribution is 2.19. The van der Waals surface area contributed by atoms with E-state index in [2.05, 4.69) is 9.97 Å². The molecule has 1 aromatic carbocycles. The summed E-state index contributed by atoms with van der Waals surface area (Å²) in [6.07, 6.45) is 0.860. The fourth-order valence-electron chi connectivity index (χ4n) is 2.87. The summed E-state index contributed by atoms with van der Waals surface area (Å²) in [4.78, 5) is 21.5. The minimum absolute atomic E-state index is 0.0454. The standard InChI is InChI=1S/C14H18N4O3S/c15-22(20,21)9-10-5-6-18(8-10)14(19)7-13-16-11-3-1-2-4-12(11)17-13/h1-4,10H,5-9H2,(H,16,17)(H2,15,20,21). The second kappa shape index (κ2) is 5.69. The van der Waals surface area contributed by atoms with Crippen LogP contribution >= 0.6 is 0 Å². The first-order valence-corrected chi connectivity index (χ1v) is 8.84. The van der Waals surface area contributed by atoms with Gasteiger partial charge in [0, 0.05) is 13.1 Å². The van der Waals surface area contributed by atoms with Gasteiger partial charge in [0.2, 0.25) is 15.9 Å². The number of imidazole rings is 1. The monoisotopic (exact) mass is 322 g/mol. The highest BCUT2D eigenvalue weighted by atomic mass is 32.2. The molecule has 8 heteroatoms. The number of carbonyl (C=O) groups excluding carboxylic acids is 1. The van der Waals surface area contributed by atoms with Crippen LogP contribution in [0.1, 0.15) is 12.2 Å². The van der Waals surface area contributed by atoms with E-state index in [0.717, 1.165) is 11.0 Å². The largest absolute Gasteiger partial charge is 0.342 e. The number of sulfonamides is 1. The number of carbonyl (C=O) groups is 1. The zero-order valence-electron chi connectivity index (χ0n) is 12.0. The van der Waals surface area contributed by atoms with Crippen LogP contribution in [0.3, 0.4) is 0 Å². The predicted molar refractivity (Wildman–Crippen MR) is 82.5 cm³/mol. The summed E-state index contributed by atoms with van der Waals surface area (Å²) >= 11 is 0. The van der Waals surface area contributed by atoms with Crippen molar-refractivity contribution in [3.63, 3.8) is 0 Å². The van der Waals surface area contributed by atoms with Gasteiger partial charge in [-0.05, 0) is 24.5 Å². The lowest BCUT2D eigenvalue weighted by atomic mass is 10.2. The Hall–Kier alpha value is -1.93. The van der Waals surface area contributed by atoms with Crippen molar-refractivity contribution < 1.29 is 13.2 Å². The maximum absolute atomic E-state index is 12.3. The van der Waals surface area contributed by atoms with Gasteiger partial charge in [-0.25, -0.2) is 18.5 Å². The molecule has 22 heavy (non-hydrogen) atoms. The minimum atomic E-state index is -3.49. The van der Waals surface area contributed by atoms with Gasteiger partial charge in [-0.15, -0.1) is 0 Å². The highest BCUT2D eigenvalue weighted by molar-refractivity contribution is 7.89. The third-order valence-corrected chi connectivity index (χ3v) is 4.80.